The summed E-state index contributed by atoms with van der Waals surface area (Å²) >= 11 is 3.59. The van der Waals surface area contributed by atoms with Gasteiger partial charge in [0.15, 0.2) is 0 Å². The summed E-state index contributed by atoms with van der Waals surface area (Å²) in [7, 11) is 0. The molecule has 0 radical (unpaired) electrons. The number of benzene rings is 1. The van der Waals surface area contributed by atoms with E-state index in [0.29, 0.717) is 0 Å². The molecule has 0 bridgehead atoms. The van der Waals surface area contributed by atoms with Crippen molar-refractivity contribution >= 4 is 17.5 Å². The van der Waals surface area contributed by atoms with E-state index in [-0.39, 0.29) is 5.48 Å². The Bertz CT molecular complexity index is 203. The Labute approximate surface area is 71.2 Å². The monoisotopic (exact) mass is 170 g/mol. The molecule has 1 aromatic rings. The molecule has 0 heterocycles. The minimum atomic E-state index is 0. The molecule has 0 aromatic heterocycles. The fraction of sp³-hybridized carbons (Fsp3) is 0.125. The number of aryl methyl sites for hydroxylation is 1. The molecule has 0 fully saturated rings. The van der Waals surface area contributed by atoms with E-state index in [1.807, 2.05) is 18.2 Å². The summed E-state index contributed by atoms with van der Waals surface area (Å²) < 4.78 is 0. The lowest BCUT2D eigenvalue weighted by Crippen LogP contribution is -1.62. The quantitative estimate of drug-likeness (QED) is 0.553. The maximum atomic E-state index is 8.50. The Morgan fingerprint density at radius 3 is 1.82 bits per heavy atom. The Balaban J connectivity index is 0. The van der Waals surface area contributed by atoms with Crippen LogP contribution in [-0.4, -0.2) is 10.7 Å². The highest BCUT2D eigenvalue weighted by Crippen LogP contribution is 1.92. The van der Waals surface area contributed by atoms with Gasteiger partial charge in [-0.25, -0.2) is 4.79 Å². The normalized spacial score (nSPS) is 6.27. The fourth-order valence-electron chi connectivity index (χ4n) is 0.534. The first-order valence-electron chi connectivity index (χ1n) is 2.82. The average molecular weight is 170 g/mol. The van der Waals surface area contributed by atoms with Gasteiger partial charge in [-0.1, -0.05) is 35.9 Å². The van der Waals surface area contributed by atoms with Crippen molar-refractivity contribution < 1.29 is 10.3 Å². The maximum absolute atomic E-state index is 8.50. The van der Waals surface area contributed by atoms with Crippen molar-refractivity contribution in [3.05, 3.63) is 35.9 Å². The Hall–Kier alpha value is -1.02. The fourth-order valence-corrected chi connectivity index (χ4v) is 0.534. The third-order valence-electron chi connectivity index (χ3n) is 0.940. The largest absolute Gasteiger partial charge is 0.412 e. The molecule has 0 aliphatic carbocycles. The van der Waals surface area contributed by atoms with E-state index >= 15 is 0 Å². The highest BCUT2D eigenvalue weighted by molar-refractivity contribution is 7.78. The molecule has 1 rings (SSSR count). The molecule has 0 saturated heterocycles. The molecule has 3 heteroatoms. The van der Waals surface area contributed by atoms with Gasteiger partial charge in [-0.15, -0.1) is 0 Å². The summed E-state index contributed by atoms with van der Waals surface area (Å²) in [6.07, 6.45) is 0. The molecule has 0 aliphatic heterocycles. The van der Waals surface area contributed by atoms with Crippen LogP contribution in [-0.2, 0) is 4.79 Å². The standard InChI is InChI=1S/C7H8.COS.H2O/c1-7-5-3-2-4-6-7;2-1-3;/h2-6H,1H3;;1H2. The number of thiocarbonyl (C=S) groups is 1. The third kappa shape index (κ3) is 8.98. The summed E-state index contributed by atoms with van der Waals surface area (Å²) in [5, 5.41) is 1.08. The Morgan fingerprint density at radius 2 is 1.64 bits per heavy atom. The van der Waals surface area contributed by atoms with E-state index in [2.05, 4.69) is 31.3 Å². The molecule has 1 aromatic carbocycles. The molecule has 11 heavy (non-hydrogen) atoms. The average Bonchev–Trinajstić information content (AvgIpc) is 1.91. The second-order valence-electron chi connectivity index (χ2n) is 1.74. The summed E-state index contributed by atoms with van der Waals surface area (Å²) in [6, 6.07) is 10.3. The van der Waals surface area contributed by atoms with Crippen LogP contribution in [0.2, 0.25) is 0 Å². The van der Waals surface area contributed by atoms with Gasteiger partial charge in [-0.05, 0) is 6.92 Å². The maximum Gasteiger partial charge on any atom is 0.202 e. The topological polar surface area (TPSA) is 48.6 Å². The highest BCUT2D eigenvalue weighted by Gasteiger charge is 1.72. The molecule has 0 aliphatic rings. The van der Waals surface area contributed by atoms with E-state index in [1.165, 1.54) is 5.56 Å². The SMILES string of the molecule is Cc1ccccc1.O.O=C=S. The van der Waals surface area contributed by atoms with Gasteiger partial charge < -0.3 is 5.48 Å². The summed E-state index contributed by atoms with van der Waals surface area (Å²) in [6.45, 7) is 2.08. The highest BCUT2D eigenvalue weighted by atomic mass is 32.1. The number of carbonyl (C=O) groups excluding carboxylic acids is 1. The lowest BCUT2D eigenvalue weighted by Gasteiger charge is -1.82. The second kappa shape index (κ2) is 8.98. The van der Waals surface area contributed by atoms with Gasteiger partial charge in [-0.3, -0.25) is 0 Å². The molecule has 0 saturated carbocycles. The number of rotatable bonds is 0. The van der Waals surface area contributed by atoms with Crippen LogP contribution in [0.3, 0.4) is 0 Å². The van der Waals surface area contributed by atoms with Crippen LogP contribution in [0.25, 0.3) is 0 Å². The van der Waals surface area contributed by atoms with Crippen molar-refractivity contribution in [3.8, 4) is 0 Å². The molecular weight excluding hydrogens is 160 g/mol. The summed E-state index contributed by atoms with van der Waals surface area (Å²) in [4.78, 5) is 8.50. The third-order valence-corrected chi connectivity index (χ3v) is 0.940. The van der Waals surface area contributed by atoms with Crippen LogP contribution >= 0.6 is 12.2 Å². The van der Waals surface area contributed by atoms with E-state index in [1.54, 1.807) is 0 Å². The van der Waals surface area contributed by atoms with Crippen molar-refractivity contribution in [2.75, 3.05) is 0 Å². The van der Waals surface area contributed by atoms with Gasteiger partial charge in [0.1, 0.15) is 0 Å². The minimum absolute atomic E-state index is 0. The lowest BCUT2D eigenvalue weighted by molar-refractivity contribution is 0.572. The zero-order chi connectivity index (χ0) is 7.82. The molecule has 0 spiro atoms. The van der Waals surface area contributed by atoms with Crippen LogP contribution in [0, 0.1) is 6.92 Å². The van der Waals surface area contributed by atoms with Crippen molar-refractivity contribution in [1.29, 1.82) is 0 Å². The minimum Gasteiger partial charge on any atom is -0.412 e. The predicted octanol–water partition coefficient (Wildman–Crippen LogP) is 1.42. The molecule has 0 atom stereocenters. The van der Waals surface area contributed by atoms with Crippen molar-refractivity contribution in [1.82, 2.24) is 0 Å². The van der Waals surface area contributed by atoms with Gasteiger partial charge in [0, 0.05) is 12.2 Å². The van der Waals surface area contributed by atoms with Gasteiger partial charge in [0.2, 0.25) is 5.23 Å². The predicted molar refractivity (Wildman–Crippen MR) is 48.1 cm³/mol. The lowest BCUT2D eigenvalue weighted by atomic mass is 10.2. The zero-order valence-corrected chi connectivity index (χ0v) is 7.02. The molecular formula is C8H10O2S. The first kappa shape index (κ1) is 12.6. The number of hydrogen-bond donors (Lipinski definition) is 0. The van der Waals surface area contributed by atoms with Crippen LogP contribution in [0.5, 0.6) is 0 Å². The van der Waals surface area contributed by atoms with Gasteiger partial charge in [0.25, 0.3) is 0 Å². The van der Waals surface area contributed by atoms with Crippen molar-refractivity contribution in [2.24, 2.45) is 0 Å². The molecule has 0 amide bonds. The van der Waals surface area contributed by atoms with Gasteiger partial charge >= 0.3 is 0 Å². The Kier molecular flexibility index (Phi) is 10.3. The van der Waals surface area contributed by atoms with Crippen molar-refractivity contribution in [3.63, 3.8) is 0 Å². The summed E-state index contributed by atoms with van der Waals surface area (Å²) in [5.41, 5.74) is 1.32. The molecule has 2 nitrogen and oxygen atoms in total. The molecule has 0 unspecified atom stereocenters. The first-order valence-corrected chi connectivity index (χ1v) is 3.23. The van der Waals surface area contributed by atoms with Crippen LogP contribution in [0.4, 0.5) is 0 Å². The zero-order valence-electron chi connectivity index (χ0n) is 6.20. The second-order valence-corrected chi connectivity index (χ2v) is 1.90. The van der Waals surface area contributed by atoms with Crippen LogP contribution < -0.4 is 0 Å². The van der Waals surface area contributed by atoms with Gasteiger partial charge in [0.05, 0.1) is 0 Å². The first-order chi connectivity index (χ1) is 4.81. The van der Waals surface area contributed by atoms with Crippen LogP contribution in [0.15, 0.2) is 30.3 Å². The van der Waals surface area contributed by atoms with E-state index in [4.69, 9.17) is 4.79 Å². The van der Waals surface area contributed by atoms with E-state index in [0.717, 1.165) is 5.23 Å². The van der Waals surface area contributed by atoms with E-state index in [9.17, 15) is 0 Å². The van der Waals surface area contributed by atoms with Gasteiger partial charge in [-0.2, -0.15) is 0 Å². The van der Waals surface area contributed by atoms with Crippen LogP contribution in [0.1, 0.15) is 5.56 Å². The molecule has 60 valence electrons. The van der Waals surface area contributed by atoms with Crippen molar-refractivity contribution in [2.45, 2.75) is 6.92 Å². The van der Waals surface area contributed by atoms with E-state index < -0.39 is 0 Å². The Morgan fingerprint density at radius 1 is 1.27 bits per heavy atom. The molecule has 2 N–H and O–H groups in total. The summed E-state index contributed by atoms with van der Waals surface area (Å²) in [5.74, 6) is 0. The number of hydrogen-bond acceptors (Lipinski definition) is 2. The smallest absolute Gasteiger partial charge is 0.202 e.